The molecule has 5 heteroatoms. The maximum atomic E-state index is 11.4. The molecule has 1 aliphatic heterocycles. The molecule has 1 aliphatic rings. The lowest BCUT2D eigenvalue weighted by molar-refractivity contribution is -0.122. The Morgan fingerprint density at radius 1 is 1.45 bits per heavy atom. The minimum Gasteiger partial charge on any atom is -0.489 e. The number of nitrogen functional groups attached to an aromatic ring is 1. The number of nitrogens with two attached hydrogens (primary N) is 2. The number of carbonyl (C=O) groups excluding carboxylic acids is 1. The van der Waals surface area contributed by atoms with Crippen LogP contribution in [0, 0.1) is 5.92 Å². The third kappa shape index (κ3) is 3.15. The van der Waals surface area contributed by atoms with Crippen LogP contribution in [-0.2, 0) is 4.79 Å². The third-order valence-electron chi connectivity index (χ3n) is 3.57. The van der Waals surface area contributed by atoms with E-state index in [0.29, 0.717) is 18.0 Å². The van der Waals surface area contributed by atoms with Crippen LogP contribution in [0.3, 0.4) is 0 Å². The lowest BCUT2D eigenvalue weighted by atomic mass is 9.97. The molecule has 1 atom stereocenters. The molecule has 0 aliphatic carbocycles. The summed E-state index contributed by atoms with van der Waals surface area (Å²) in [5.41, 5.74) is 13.2. The second-order valence-corrected chi connectivity index (χ2v) is 5.54. The van der Waals surface area contributed by atoms with Crippen LogP contribution in [0.1, 0.15) is 26.7 Å². The number of hydrogen-bond acceptors (Lipinski definition) is 4. The minimum atomic E-state index is -0.233. The lowest BCUT2D eigenvalue weighted by Gasteiger charge is -2.34. The van der Waals surface area contributed by atoms with Crippen LogP contribution in [0.4, 0.5) is 11.4 Å². The highest BCUT2D eigenvalue weighted by molar-refractivity contribution is 5.79. The molecule has 0 saturated carbocycles. The molecule has 1 heterocycles. The number of rotatable bonds is 4. The molecule has 1 fully saturated rings. The van der Waals surface area contributed by atoms with E-state index in [-0.39, 0.29) is 17.9 Å². The van der Waals surface area contributed by atoms with E-state index in [4.69, 9.17) is 16.2 Å². The minimum absolute atomic E-state index is 0.0762. The molecule has 1 amide bonds. The van der Waals surface area contributed by atoms with Gasteiger partial charge in [-0.3, -0.25) is 4.79 Å². The van der Waals surface area contributed by atoms with Crippen molar-refractivity contribution in [3.8, 4) is 5.75 Å². The molecule has 0 spiro atoms. The van der Waals surface area contributed by atoms with E-state index in [1.807, 2.05) is 32.0 Å². The molecular formula is C15H23N3O2. The largest absolute Gasteiger partial charge is 0.489 e. The van der Waals surface area contributed by atoms with Crippen LogP contribution < -0.4 is 21.1 Å². The fourth-order valence-electron chi connectivity index (χ4n) is 2.59. The van der Waals surface area contributed by atoms with Crippen molar-refractivity contribution in [1.82, 2.24) is 0 Å². The van der Waals surface area contributed by atoms with Crippen molar-refractivity contribution in [2.75, 3.05) is 23.7 Å². The van der Waals surface area contributed by atoms with Crippen LogP contribution in [-0.4, -0.2) is 25.1 Å². The Balaban J connectivity index is 2.21. The smallest absolute Gasteiger partial charge is 0.222 e. The highest BCUT2D eigenvalue weighted by Gasteiger charge is 2.25. The maximum Gasteiger partial charge on any atom is 0.222 e. The Labute approximate surface area is 119 Å². The zero-order chi connectivity index (χ0) is 14.7. The van der Waals surface area contributed by atoms with Crippen LogP contribution in [0.15, 0.2) is 18.2 Å². The van der Waals surface area contributed by atoms with E-state index >= 15 is 0 Å². The SMILES string of the molecule is CC(C)Oc1cccc(N2CCCC(C(N)=O)C2)c1N. The number of carbonyl (C=O) groups is 1. The van der Waals surface area contributed by atoms with E-state index in [9.17, 15) is 4.79 Å². The summed E-state index contributed by atoms with van der Waals surface area (Å²) >= 11 is 0. The van der Waals surface area contributed by atoms with E-state index < -0.39 is 0 Å². The van der Waals surface area contributed by atoms with E-state index in [0.717, 1.165) is 25.1 Å². The van der Waals surface area contributed by atoms with Gasteiger partial charge >= 0.3 is 0 Å². The Hall–Kier alpha value is -1.91. The second kappa shape index (κ2) is 6.03. The number of anilines is 2. The molecule has 2 rings (SSSR count). The first-order valence-electron chi connectivity index (χ1n) is 7.08. The quantitative estimate of drug-likeness (QED) is 0.822. The summed E-state index contributed by atoms with van der Waals surface area (Å²) in [6.45, 7) is 5.45. The van der Waals surface area contributed by atoms with Crippen LogP contribution in [0.2, 0.25) is 0 Å². The van der Waals surface area contributed by atoms with E-state index in [2.05, 4.69) is 4.90 Å². The summed E-state index contributed by atoms with van der Waals surface area (Å²) in [5, 5.41) is 0. The van der Waals surface area contributed by atoms with Crippen molar-refractivity contribution >= 4 is 17.3 Å². The van der Waals surface area contributed by atoms with Crippen molar-refractivity contribution in [2.45, 2.75) is 32.8 Å². The van der Waals surface area contributed by atoms with Gasteiger partial charge in [-0.2, -0.15) is 0 Å². The summed E-state index contributed by atoms with van der Waals surface area (Å²) in [5.74, 6) is 0.361. The van der Waals surface area contributed by atoms with Gasteiger partial charge in [-0.25, -0.2) is 0 Å². The average molecular weight is 277 g/mol. The standard InChI is InChI=1S/C15H23N3O2/c1-10(2)20-13-7-3-6-12(14(13)16)18-8-4-5-11(9-18)15(17)19/h3,6-7,10-11H,4-5,8-9,16H2,1-2H3,(H2,17,19). The molecule has 0 bridgehead atoms. The number of nitrogens with zero attached hydrogens (tertiary/aromatic N) is 1. The summed E-state index contributed by atoms with van der Waals surface area (Å²) in [6, 6.07) is 5.76. The zero-order valence-electron chi connectivity index (χ0n) is 12.1. The van der Waals surface area contributed by atoms with Crippen LogP contribution >= 0.6 is 0 Å². The van der Waals surface area contributed by atoms with E-state index in [1.54, 1.807) is 0 Å². The van der Waals surface area contributed by atoms with Crippen LogP contribution in [0.25, 0.3) is 0 Å². The highest BCUT2D eigenvalue weighted by Crippen LogP contribution is 2.35. The molecule has 1 unspecified atom stereocenters. The Morgan fingerprint density at radius 2 is 2.20 bits per heavy atom. The van der Waals surface area contributed by atoms with Crippen molar-refractivity contribution in [3.05, 3.63) is 18.2 Å². The van der Waals surface area contributed by atoms with Gasteiger partial charge in [0, 0.05) is 13.1 Å². The molecule has 110 valence electrons. The predicted octanol–water partition coefficient (Wildman–Crippen LogP) is 1.76. The maximum absolute atomic E-state index is 11.4. The van der Waals surface area contributed by atoms with Gasteiger partial charge in [0.25, 0.3) is 0 Å². The number of piperidine rings is 1. The molecular weight excluding hydrogens is 254 g/mol. The molecule has 1 aromatic rings. The summed E-state index contributed by atoms with van der Waals surface area (Å²) in [4.78, 5) is 13.5. The lowest BCUT2D eigenvalue weighted by Crippen LogP contribution is -2.41. The van der Waals surface area contributed by atoms with Gasteiger partial charge in [-0.15, -0.1) is 0 Å². The Bertz CT molecular complexity index is 488. The van der Waals surface area contributed by atoms with Gasteiger partial charge in [-0.05, 0) is 38.8 Å². The zero-order valence-corrected chi connectivity index (χ0v) is 12.1. The monoisotopic (exact) mass is 277 g/mol. The van der Waals surface area contributed by atoms with Gasteiger partial charge in [0.15, 0.2) is 0 Å². The predicted molar refractivity (Wildman–Crippen MR) is 80.7 cm³/mol. The first kappa shape index (κ1) is 14.5. The number of benzene rings is 1. The van der Waals surface area contributed by atoms with Gasteiger partial charge in [-0.1, -0.05) is 6.07 Å². The fraction of sp³-hybridized carbons (Fsp3) is 0.533. The summed E-state index contributed by atoms with van der Waals surface area (Å²) in [6.07, 6.45) is 1.88. The van der Waals surface area contributed by atoms with Gasteiger partial charge < -0.3 is 21.1 Å². The van der Waals surface area contributed by atoms with Crippen molar-refractivity contribution in [3.63, 3.8) is 0 Å². The number of hydrogen-bond donors (Lipinski definition) is 2. The normalized spacial score (nSPS) is 19.1. The molecule has 0 radical (unpaired) electrons. The van der Waals surface area contributed by atoms with Gasteiger partial charge in [0.2, 0.25) is 5.91 Å². The summed E-state index contributed by atoms with van der Waals surface area (Å²) < 4.78 is 5.71. The molecule has 1 aromatic carbocycles. The first-order chi connectivity index (χ1) is 9.49. The fourth-order valence-corrected chi connectivity index (χ4v) is 2.59. The van der Waals surface area contributed by atoms with Crippen molar-refractivity contribution in [1.29, 1.82) is 0 Å². The number of ether oxygens (including phenoxy) is 1. The molecule has 5 nitrogen and oxygen atoms in total. The Morgan fingerprint density at radius 3 is 2.85 bits per heavy atom. The summed E-state index contributed by atoms with van der Waals surface area (Å²) in [7, 11) is 0. The van der Waals surface area contributed by atoms with Gasteiger partial charge in [0.1, 0.15) is 5.75 Å². The molecule has 0 aromatic heterocycles. The third-order valence-corrected chi connectivity index (χ3v) is 3.57. The van der Waals surface area contributed by atoms with Gasteiger partial charge in [0.05, 0.1) is 23.4 Å². The van der Waals surface area contributed by atoms with Crippen LogP contribution in [0.5, 0.6) is 5.75 Å². The number of para-hydroxylation sites is 1. The van der Waals surface area contributed by atoms with E-state index in [1.165, 1.54) is 0 Å². The molecule has 1 saturated heterocycles. The number of primary amides is 1. The average Bonchev–Trinajstić information content (AvgIpc) is 2.41. The molecule has 4 N–H and O–H groups in total. The van der Waals surface area contributed by atoms with Crippen molar-refractivity contribution < 1.29 is 9.53 Å². The van der Waals surface area contributed by atoms with Crippen molar-refractivity contribution in [2.24, 2.45) is 11.7 Å². The second-order valence-electron chi connectivity index (χ2n) is 5.54. The number of amides is 1. The molecule has 20 heavy (non-hydrogen) atoms. The Kier molecular flexibility index (Phi) is 4.37. The first-order valence-corrected chi connectivity index (χ1v) is 7.08. The highest BCUT2D eigenvalue weighted by atomic mass is 16.5. The topological polar surface area (TPSA) is 81.6 Å².